The lowest BCUT2D eigenvalue weighted by Crippen LogP contribution is -2.33. The molecule has 0 saturated heterocycles. The second-order valence-electron chi connectivity index (χ2n) is 4.99. The molecule has 0 spiro atoms. The molecule has 3 nitrogen and oxygen atoms in total. The Kier molecular flexibility index (Phi) is 5.26. The Hall–Kier alpha value is -1.26. The van der Waals surface area contributed by atoms with E-state index in [1.165, 1.54) is 0 Å². The summed E-state index contributed by atoms with van der Waals surface area (Å²) in [4.78, 5) is 7.08. The SMILES string of the molecule is CCC(CSC)N(C)c1cc(CN)c2ccccc2n1. The lowest BCUT2D eigenvalue weighted by Gasteiger charge is -2.28. The van der Waals surface area contributed by atoms with Gasteiger partial charge in [-0.1, -0.05) is 25.1 Å². The Balaban J connectivity index is 2.43. The van der Waals surface area contributed by atoms with Crippen molar-refractivity contribution in [3.63, 3.8) is 0 Å². The van der Waals surface area contributed by atoms with Crippen molar-refractivity contribution in [3.05, 3.63) is 35.9 Å². The number of hydrogen-bond acceptors (Lipinski definition) is 4. The van der Waals surface area contributed by atoms with Gasteiger partial charge in [0.1, 0.15) is 5.82 Å². The standard InChI is InChI=1S/C16H23N3S/c1-4-13(11-20-3)19(2)16-9-12(10-17)14-7-5-6-8-15(14)18-16/h5-9,13H,4,10-11,17H2,1-3H3. The van der Waals surface area contributed by atoms with E-state index in [1.807, 2.05) is 23.9 Å². The molecule has 0 radical (unpaired) electrons. The zero-order chi connectivity index (χ0) is 14.5. The van der Waals surface area contributed by atoms with Gasteiger partial charge in [-0.05, 0) is 30.4 Å². The number of nitrogens with zero attached hydrogens (tertiary/aromatic N) is 2. The number of nitrogens with two attached hydrogens (primary N) is 1. The maximum Gasteiger partial charge on any atom is 0.129 e. The first-order valence-electron chi connectivity index (χ1n) is 7.01. The van der Waals surface area contributed by atoms with Crippen LogP contribution in [-0.2, 0) is 6.54 Å². The van der Waals surface area contributed by atoms with Gasteiger partial charge in [-0.2, -0.15) is 11.8 Å². The number of pyridine rings is 1. The molecule has 108 valence electrons. The van der Waals surface area contributed by atoms with E-state index in [1.54, 1.807) is 0 Å². The van der Waals surface area contributed by atoms with Gasteiger partial charge in [0.15, 0.2) is 0 Å². The molecule has 4 heteroatoms. The highest BCUT2D eigenvalue weighted by Crippen LogP contribution is 2.24. The van der Waals surface area contributed by atoms with Crippen LogP contribution < -0.4 is 10.6 Å². The molecule has 2 N–H and O–H groups in total. The van der Waals surface area contributed by atoms with Crippen LogP contribution in [0, 0.1) is 0 Å². The zero-order valence-electron chi connectivity index (χ0n) is 12.5. The molecule has 0 saturated carbocycles. The van der Waals surface area contributed by atoms with E-state index in [4.69, 9.17) is 10.7 Å². The van der Waals surface area contributed by atoms with Gasteiger partial charge in [0.05, 0.1) is 5.52 Å². The van der Waals surface area contributed by atoms with Gasteiger partial charge in [-0.15, -0.1) is 0 Å². The molecule has 1 atom stereocenters. The summed E-state index contributed by atoms with van der Waals surface area (Å²) in [7, 11) is 2.13. The molecule has 0 bridgehead atoms. The van der Waals surface area contributed by atoms with Crippen LogP contribution in [0.15, 0.2) is 30.3 Å². The van der Waals surface area contributed by atoms with Gasteiger partial charge in [-0.3, -0.25) is 0 Å². The van der Waals surface area contributed by atoms with Crippen molar-refractivity contribution in [2.24, 2.45) is 5.73 Å². The summed E-state index contributed by atoms with van der Waals surface area (Å²) in [6.07, 6.45) is 3.26. The van der Waals surface area contributed by atoms with Crippen LogP contribution in [0.5, 0.6) is 0 Å². The fraction of sp³-hybridized carbons (Fsp3) is 0.438. The van der Waals surface area contributed by atoms with E-state index in [0.29, 0.717) is 12.6 Å². The van der Waals surface area contributed by atoms with Crippen molar-refractivity contribution in [1.29, 1.82) is 0 Å². The second-order valence-corrected chi connectivity index (χ2v) is 5.90. The molecule has 0 amide bonds. The highest BCUT2D eigenvalue weighted by atomic mass is 32.2. The van der Waals surface area contributed by atoms with Crippen LogP contribution in [0.2, 0.25) is 0 Å². The fourth-order valence-electron chi connectivity index (χ4n) is 2.46. The summed E-state index contributed by atoms with van der Waals surface area (Å²) in [6, 6.07) is 10.8. The minimum Gasteiger partial charge on any atom is -0.356 e. The molecule has 1 unspecified atom stereocenters. The monoisotopic (exact) mass is 289 g/mol. The molecule has 1 aromatic carbocycles. The fourth-order valence-corrected chi connectivity index (χ4v) is 3.31. The van der Waals surface area contributed by atoms with Crippen LogP contribution >= 0.6 is 11.8 Å². The van der Waals surface area contributed by atoms with Crippen molar-refractivity contribution in [2.45, 2.75) is 25.9 Å². The highest BCUT2D eigenvalue weighted by Gasteiger charge is 2.15. The van der Waals surface area contributed by atoms with Crippen LogP contribution in [0.25, 0.3) is 10.9 Å². The van der Waals surface area contributed by atoms with E-state index >= 15 is 0 Å². The molecule has 2 rings (SSSR count). The summed E-state index contributed by atoms with van der Waals surface area (Å²) in [6.45, 7) is 2.77. The lowest BCUT2D eigenvalue weighted by atomic mass is 10.1. The van der Waals surface area contributed by atoms with Crippen LogP contribution in [-0.4, -0.2) is 30.1 Å². The maximum absolute atomic E-state index is 5.90. The van der Waals surface area contributed by atoms with Gasteiger partial charge in [0, 0.05) is 30.8 Å². The molecular formula is C16H23N3S. The number of fused-ring (bicyclic) bond motifs is 1. The largest absolute Gasteiger partial charge is 0.356 e. The first-order chi connectivity index (χ1) is 9.71. The molecule has 1 aromatic heterocycles. The average Bonchev–Trinajstić information content (AvgIpc) is 2.50. The van der Waals surface area contributed by atoms with E-state index in [-0.39, 0.29) is 0 Å². The molecule has 20 heavy (non-hydrogen) atoms. The third-order valence-electron chi connectivity index (χ3n) is 3.75. The molecule has 2 aromatic rings. The summed E-state index contributed by atoms with van der Waals surface area (Å²) in [5.41, 5.74) is 8.09. The first-order valence-corrected chi connectivity index (χ1v) is 8.41. The predicted molar refractivity (Wildman–Crippen MR) is 90.5 cm³/mol. The summed E-state index contributed by atoms with van der Waals surface area (Å²) >= 11 is 1.88. The van der Waals surface area contributed by atoms with E-state index in [9.17, 15) is 0 Å². The van der Waals surface area contributed by atoms with Crippen molar-refractivity contribution in [3.8, 4) is 0 Å². The maximum atomic E-state index is 5.90. The number of aromatic nitrogens is 1. The minimum atomic E-state index is 0.504. The molecule has 0 fully saturated rings. The Morgan fingerprint density at radius 1 is 1.35 bits per heavy atom. The Morgan fingerprint density at radius 2 is 2.10 bits per heavy atom. The van der Waals surface area contributed by atoms with E-state index < -0.39 is 0 Å². The normalized spacial score (nSPS) is 12.6. The molecule has 0 aliphatic carbocycles. The number of benzene rings is 1. The Labute approximate surface area is 125 Å². The topological polar surface area (TPSA) is 42.1 Å². The first kappa shape index (κ1) is 15.1. The van der Waals surface area contributed by atoms with Crippen molar-refractivity contribution in [2.75, 3.05) is 24.0 Å². The number of para-hydroxylation sites is 1. The average molecular weight is 289 g/mol. The number of rotatable bonds is 6. The third kappa shape index (κ3) is 3.07. The van der Waals surface area contributed by atoms with Crippen LogP contribution in [0.4, 0.5) is 5.82 Å². The van der Waals surface area contributed by atoms with Gasteiger partial charge in [-0.25, -0.2) is 4.98 Å². The number of anilines is 1. The molecule has 0 aliphatic rings. The molecule has 1 heterocycles. The quantitative estimate of drug-likeness (QED) is 0.886. The van der Waals surface area contributed by atoms with E-state index in [0.717, 1.165) is 34.5 Å². The van der Waals surface area contributed by atoms with Crippen molar-refractivity contribution in [1.82, 2.24) is 4.98 Å². The van der Waals surface area contributed by atoms with Crippen LogP contribution in [0.1, 0.15) is 18.9 Å². The van der Waals surface area contributed by atoms with Gasteiger partial charge < -0.3 is 10.6 Å². The van der Waals surface area contributed by atoms with Gasteiger partial charge in [0.25, 0.3) is 0 Å². The highest BCUT2D eigenvalue weighted by molar-refractivity contribution is 7.98. The van der Waals surface area contributed by atoms with Gasteiger partial charge >= 0.3 is 0 Å². The minimum absolute atomic E-state index is 0.504. The number of thioether (sulfide) groups is 1. The van der Waals surface area contributed by atoms with Crippen molar-refractivity contribution >= 4 is 28.5 Å². The summed E-state index contributed by atoms with van der Waals surface area (Å²) < 4.78 is 0. The Bertz CT molecular complexity index is 571. The predicted octanol–water partition coefficient (Wildman–Crippen LogP) is 3.27. The van der Waals surface area contributed by atoms with Crippen LogP contribution in [0.3, 0.4) is 0 Å². The third-order valence-corrected chi connectivity index (χ3v) is 4.47. The molecule has 0 aliphatic heterocycles. The van der Waals surface area contributed by atoms with Crippen molar-refractivity contribution < 1.29 is 0 Å². The zero-order valence-corrected chi connectivity index (χ0v) is 13.3. The Morgan fingerprint density at radius 3 is 2.75 bits per heavy atom. The number of hydrogen-bond donors (Lipinski definition) is 1. The van der Waals surface area contributed by atoms with E-state index in [2.05, 4.69) is 43.3 Å². The molecular weight excluding hydrogens is 266 g/mol. The second kappa shape index (κ2) is 6.95. The lowest BCUT2D eigenvalue weighted by molar-refractivity contribution is 0.666. The summed E-state index contributed by atoms with van der Waals surface area (Å²) in [5, 5.41) is 1.16. The summed E-state index contributed by atoms with van der Waals surface area (Å²) in [5.74, 6) is 2.13. The smallest absolute Gasteiger partial charge is 0.129 e. The van der Waals surface area contributed by atoms with Gasteiger partial charge in [0.2, 0.25) is 0 Å².